The van der Waals surface area contributed by atoms with Gasteiger partial charge < -0.3 is 19.9 Å². The minimum atomic E-state index is -1.28. The lowest BCUT2D eigenvalue weighted by Crippen LogP contribution is -2.52. The Hall–Kier alpha value is -1.22. The molecule has 0 spiro atoms. The van der Waals surface area contributed by atoms with Crippen LogP contribution in [0.2, 0.25) is 0 Å². The van der Waals surface area contributed by atoms with Crippen LogP contribution in [0.5, 0.6) is 5.75 Å². The van der Waals surface area contributed by atoms with Crippen molar-refractivity contribution in [2.45, 2.75) is 18.1 Å². The molecule has 0 aliphatic carbocycles. The third kappa shape index (κ3) is 4.94. The van der Waals surface area contributed by atoms with E-state index in [1.807, 2.05) is 35.3 Å². The number of benzene rings is 2. The van der Waals surface area contributed by atoms with E-state index >= 15 is 0 Å². The maximum absolute atomic E-state index is 13.7. The highest BCUT2D eigenvalue weighted by atomic mass is 127. The fourth-order valence-corrected chi connectivity index (χ4v) is 3.18. The van der Waals surface area contributed by atoms with Crippen LogP contribution in [-0.2, 0) is 16.8 Å². The highest BCUT2D eigenvalue weighted by Crippen LogP contribution is 2.35. The molecule has 4 nitrogen and oxygen atoms in total. The Balaban J connectivity index is 0.00000117. The van der Waals surface area contributed by atoms with Gasteiger partial charge in [-0.1, -0.05) is 52.9 Å². The monoisotopic (exact) mass is 473 g/mol. The minimum Gasteiger partial charge on any atom is -0.496 e. The summed E-state index contributed by atoms with van der Waals surface area (Å²) in [5, 5.41) is 14.8. The van der Waals surface area contributed by atoms with Crippen molar-refractivity contribution in [2.75, 3.05) is 31.7 Å². The van der Waals surface area contributed by atoms with E-state index in [0.29, 0.717) is 24.5 Å². The molecule has 2 N–H and O–H groups in total. The number of nitrogens with one attached hydrogen (secondary N) is 1. The number of aliphatic hydroxyl groups is 1. The largest absolute Gasteiger partial charge is 0.496 e. The first-order valence-electron chi connectivity index (χ1n) is 8.44. The third-order valence-electron chi connectivity index (χ3n) is 4.44. The Morgan fingerprint density at radius 2 is 2.00 bits per heavy atom. The Bertz CT molecular complexity index is 680. The number of hydrogen-bond donors (Lipinski definition) is 2. The second-order valence-electron chi connectivity index (χ2n) is 5.99. The predicted molar refractivity (Wildman–Crippen MR) is 110 cm³/mol. The summed E-state index contributed by atoms with van der Waals surface area (Å²) in [4.78, 5) is 1.97. The molecular formula is C20H25FINO3. The minimum absolute atomic E-state index is 0.199. The van der Waals surface area contributed by atoms with Crippen molar-refractivity contribution in [1.29, 1.82) is 0 Å². The fraction of sp³-hybridized carbons (Fsp3) is 0.400. The second kappa shape index (κ2) is 10.2. The summed E-state index contributed by atoms with van der Waals surface area (Å²) in [5.41, 5.74) is 0.0680. The molecule has 0 bridgehead atoms. The van der Waals surface area contributed by atoms with E-state index in [4.69, 9.17) is 9.47 Å². The van der Waals surface area contributed by atoms with E-state index in [-0.39, 0.29) is 12.2 Å². The number of methoxy groups -OCH3 is 1. The normalized spacial score (nSPS) is 19.0. The number of rotatable bonds is 5. The summed E-state index contributed by atoms with van der Waals surface area (Å²) >= 11 is 2.15. The summed E-state index contributed by atoms with van der Waals surface area (Å²) < 4.78 is 24.9. The van der Waals surface area contributed by atoms with Crippen molar-refractivity contribution < 1.29 is 19.0 Å². The molecule has 0 saturated carbocycles. The summed E-state index contributed by atoms with van der Waals surface area (Å²) in [7, 11) is 1.54. The molecule has 3 rings (SSSR count). The zero-order valence-corrected chi connectivity index (χ0v) is 17.2. The standard InChI is InChI=1S/C19H22FNO3.CH3I/c1-23-17-8-7-16(20)11-14(17)12-19(22,15-5-3-2-4-6-15)18-13-21-9-10-24-18;1-2/h2-8,11,18,21-22H,9-10,12-13H2,1H3;1H3/t18-,19-;/m1./s1. The van der Waals surface area contributed by atoms with Crippen molar-refractivity contribution in [2.24, 2.45) is 0 Å². The first-order valence-corrected chi connectivity index (χ1v) is 10.6. The molecule has 0 unspecified atom stereocenters. The van der Waals surface area contributed by atoms with E-state index in [1.54, 1.807) is 6.07 Å². The van der Waals surface area contributed by atoms with Crippen LogP contribution in [-0.4, -0.2) is 42.9 Å². The van der Waals surface area contributed by atoms with Crippen LogP contribution in [0.3, 0.4) is 0 Å². The van der Waals surface area contributed by atoms with E-state index in [9.17, 15) is 9.50 Å². The molecule has 1 aliphatic heterocycles. The number of halogens is 2. The molecule has 1 heterocycles. The molecule has 2 aromatic rings. The fourth-order valence-electron chi connectivity index (χ4n) is 3.18. The molecule has 0 radical (unpaired) electrons. The zero-order chi connectivity index (χ0) is 19.0. The maximum atomic E-state index is 13.7. The van der Waals surface area contributed by atoms with Crippen LogP contribution in [0.4, 0.5) is 4.39 Å². The van der Waals surface area contributed by atoms with Crippen LogP contribution in [0.15, 0.2) is 48.5 Å². The van der Waals surface area contributed by atoms with E-state index in [1.165, 1.54) is 19.2 Å². The first-order chi connectivity index (χ1) is 12.6. The van der Waals surface area contributed by atoms with Crippen molar-refractivity contribution in [3.8, 4) is 5.75 Å². The predicted octanol–water partition coefficient (Wildman–Crippen LogP) is 3.30. The van der Waals surface area contributed by atoms with E-state index in [2.05, 4.69) is 27.9 Å². The lowest BCUT2D eigenvalue weighted by Gasteiger charge is -2.39. The Morgan fingerprint density at radius 1 is 1.27 bits per heavy atom. The van der Waals surface area contributed by atoms with Crippen LogP contribution >= 0.6 is 22.6 Å². The van der Waals surface area contributed by atoms with Crippen molar-refractivity contribution >= 4 is 22.6 Å². The van der Waals surface area contributed by atoms with Gasteiger partial charge in [-0.25, -0.2) is 4.39 Å². The average molecular weight is 473 g/mol. The molecule has 1 fully saturated rings. The van der Waals surface area contributed by atoms with Gasteiger partial charge in [0.25, 0.3) is 0 Å². The first kappa shape index (κ1) is 21.1. The van der Waals surface area contributed by atoms with E-state index < -0.39 is 11.7 Å². The molecule has 142 valence electrons. The molecule has 26 heavy (non-hydrogen) atoms. The molecule has 2 aromatic carbocycles. The van der Waals surface area contributed by atoms with Gasteiger partial charge >= 0.3 is 0 Å². The molecule has 1 aliphatic rings. The SMILES string of the molecule is CI.COc1ccc(F)cc1C[C@@](O)(c1ccccc1)[C@H]1CNCCO1. The number of ether oxygens (including phenoxy) is 2. The molecule has 2 atom stereocenters. The van der Waals surface area contributed by atoms with Crippen molar-refractivity contribution in [3.63, 3.8) is 0 Å². The molecule has 6 heteroatoms. The highest BCUT2D eigenvalue weighted by molar-refractivity contribution is 14.1. The number of morpholine rings is 1. The summed E-state index contributed by atoms with van der Waals surface area (Å²) in [5.74, 6) is 0.193. The Morgan fingerprint density at radius 3 is 2.62 bits per heavy atom. The quantitative estimate of drug-likeness (QED) is 0.517. The topological polar surface area (TPSA) is 50.7 Å². The Kier molecular flexibility index (Phi) is 8.27. The summed E-state index contributed by atoms with van der Waals surface area (Å²) in [6.45, 7) is 1.81. The van der Waals surface area contributed by atoms with Gasteiger partial charge in [0.15, 0.2) is 0 Å². The van der Waals surface area contributed by atoms with E-state index in [0.717, 1.165) is 12.1 Å². The van der Waals surface area contributed by atoms with Crippen LogP contribution in [0.25, 0.3) is 0 Å². The average Bonchev–Trinajstić information content (AvgIpc) is 2.71. The molecule has 1 saturated heterocycles. The molecule has 0 amide bonds. The third-order valence-corrected chi connectivity index (χ3v) is 4.44. The highest BCUT2D eigenvalue weighted by Gasteiger charge is 2.41. The van der Waals surface area contributed by atoms with Gasteiger partial charge in [0, 0.05) is 25.1 Å². The lowest BCUT2D eigenvalue weighted by atomic mass is 9.81. The number of alkyl halides is 1. The van der Waals surface area contributed by atoms with Gasteiger partial charge in [0.2, 0.25) is 0 Å². The summed E-state index contributed by atoms with van der Waals surface area (Å²) in [6, 6.07) is 13.7. The van der Waals surface area contributed by atoms with Gasteiger partial charge in [-0.15, -0.1) is 0 Å². The van der Waals surface area contributed by atoms with Crippen molar-refractivity contribution in [1.82, 2.24) is 5.32 Å². The lowest BCUT2D eigenvalue weighted by molar-refractivity contribution is -0.124. The van der Waals surface area contributed by atoms with Gasteiger partial charge in [-0.2, -0.15) is 0 Å². The molecule has 0 aromatic heterocycles. The van der Waals surface area contributed by atoms with Crippen molar-refractivity contribution in [3.05, 3.63) is 65.5 Å². The van der Waals surface area contributed by atoms with Gasteiger partial charge in [-0.05, 0) is 28.7 Å². The van der Waals surface area contributed by atoms with Crippen LogP contribution < -0.4 is 10.1 Å². The maximum Gasteiger partial charge on any atom is 0.123 e. The summed E-state index contributed by atoms with van der Waals surface area (Å²) in [6.07, 6.45) is -0.230. The molecular weight excluding hydrogens is 448 g/mol. The van der Waals surface area contributed by atoms with Crippen LogP contribution in [0.1, 0.15) is 11.1 Å². The van der Waals surface area contributed by atoms with Gasteiger partial charge in [0.05, 0.1) is 13.7 Å². The zero-order valence-electron chi connectivity index (χ0n) is 15.0. The number of hydrogen-bond acceptors (Lipinski definition) is 4. The van der Waals surface area contributed by atoms with Crippen LogP contribution in [0, 0.1) is 5.82 Å². The smallest absolute Gasteiger partial charge is 0.123 e. The van der Waals surface area contributed by atoms with Gasteiger partial charge in [0.1, 0.15) is 23.3 Å². The Labute approximate surface area is 167 Å². The second-order valence-corrected chi connectivity index (χ2v) is 5.99. The van der Waals surface area contributed by atoms with Gasteiger partial charge in [-0.3, -0.25) is 0 Å².